The van der Waals surface area contributed by atoms with Gasteiger partial charge in [-0.1, -0.05) is 54.1 Å². The second-order valence-corrected chi connectivity index (χ2v) is 7.10. The number of hydrogen-bond donors (Lipinski definition) is 1. The molecule has 1 aliphatic heterocycles. The van der Waals surface area contributed by atoms with Gasteiger partial charge in [0.05, 0.1) is 11.4 Å². The van der Waals surface area contributed by atoms with Crippen molar-refractivity contribution in [2.45, 2.75) is 6.61 Å². The van der Waals surface area contributed by atoms with Gasteiger partial charge in [-0.05, 0) is 47.5 Å². The molecule has 3 nitrogen and oxygen atoms in total. The molecular weight excluding hydrogens is 370 g/mol. The van der Waals surface area contributed by atoms with Gasteiger partial charge in [-0.25, -0.2) is 4.98 Å². The zero-order chi connectivity index (χ0) is 19.1. The summed E-state index contributed by atoms with van der Waals surface area (Å²) in [6, 6.07) is 24.9. The number of fused-ring (bicyclic) bond motifs is 3. The van der Waals surface area contributed by atoms with Gasteiger partial charge in [0.2, 0.25) is 0 Å². The molecule has 0 radical (unpaired) electrons. The zero-order valence-corrected chi connectivity index (χ0v) is 15.6. The van der Waals surface area contributed by atoms with Gasteiger partial charge in [0.15, 0.2) is 0 Å². The van der Waals surface area contributed by atoms with Crippen molar-refractivity contribution in [2.24, 2.45) is 0 Å². The third-order valence-corrected chi connectivity index (χ3v) is 5.30. The van der Waals surface area contributed by atoms with Crippen molar-refractivity contribution in [3.8, 4) is 45.1 Å². The van der Waals surface area contributed by atoms with Crippen LogP contribution in [0.25, 0.3) is 33.6 Å². The van der Waals surface area contributed by atoms with Crippen molar-refractivity contribution in [1.82, 2.24) is 4.98 Å². The van der Waals surface area contributed by atoms with E-state index in [1.165, 1.54) is 0 Å². The Labute approximate surface area is 167 Å². The summed E-state index contributed by atoms with van der Waals surface area (Å²) >= 11 is 6.46. The van der Waals surface area contributed by atoms with Gasteiger partial charge in [-0.3, -0.25) is 0 Å². The predicted molar refractivity (Wildman–Crippen MR) is 112 cm³/mol. The lowest BCUT2D eigenvalue weighted by molar-refractivity contribution is 0.302. The second-order valence-electron chi connectivity index (χ2n) is 6.69. The number of rotatable bonds is 2. The summed E-state index contributed by atoms with van der Waals surface area (Å²) in [7, 11) is 0. The van der Waals surface area contributed by atoms with Gasteiger partial charge in [0.1, 0.15) is 18.1 Å². The molecule has 28 heavy (non-hydrogen) atoms. The van der Waals surface area contributed by atoms with Crippen LogP contribution < -0.4 is 4.74 Å². The number of phenolic OH excluding ortho intramolecular Hbond substituents is 1. The largest absolute Gasteiger partial charge is 0.508 e. The standard InChI is InChI=1S/C24H16ClNO2/c25-21-7-3-1-5-17(21)22-13-19(15-9-11-16(27)12-10-15)20-14-28-23-8-4-2-6-18(23)24(20)26-22/h1-13,27H,14H2. The molecule has 0 aliphatic carbocycles. The fourth-order valence-electron chi connectivity index (χ4n) is 3.58. The van der Waals surface area contributed by atoms with E-state index in [1.54, 1.807) is 12.1 Å². The maximum atomic E-state index is 9.69. The number of ether oxygens (including phenoxy) is 1. The fraction of sp³-hybridized carbons (Fsp3) is 0.0417. The summed E-state index contributed by atoms with van der Waals surface area (Å²) in [6.07, 6.45) is 0. The van der Waals surface area contributed by atoms with Crippen LogP contribution in [-0.4, -0.2) is 10.1 Å². The molecule has 0 saturated heterocycles. The highest BCUT2D eigenvalue weighted by Gasteiger charge is 2.23. The lowest BCUT2D eigenvalue weighted by Crippen LogP contribution is -2.09. The van der Waals surface area contributed by atoms with E-state index in [4.69, 9.17) is 21.3 Å². The Bertz CT molecular complexity index is 1190. The molecular formula is C24H16ClNO2. The van der Waals surface area contributed by atoms with Gasteiger partial charge in [0, 0.05) is 21.7 Å². The van der Waals surface area contributed by atoms with Crippen LogP contribution in [0.3, 0.4) is 0 Å². The number of nitrogens with zero attached hydrogens (tertiary/aromatic N) is 1. The molecule has 0 saturated carbocycles. The van der Waals surface area contributed by atoms with E-state index in [0.717, 1.165) is 45.0 Å². The van der Waals surface area contributed by atoms with Crippen LogP contribution in [0.5, 0.6) is 11.5 Å². The van der Waals surface area contributed by atoms with Crippen LogP contribution >= 0.6 is 11.6 Å². The third kappa shape index (κ3) is 2.81. The third-order valence-electron chi connectivity index (χ3n) is 4.97. The highest BCUT2D eigenvalue weighted by Crippen LogP contribution is 2.42. The Hall–Kier alpha value is -3.30. The van der Waals surface area contributed by atoms with E-state index in [9.17, 15) is 5.11 Å². The SMILES string of the molecule is Oc1ccc(-c2cc(-c3ccccc3Cl)nc3c2COc2ccccc2-3)cc1. The van der Waals surface area contributed by atoms with E-state index in [2.05, 4.69) is 0 Å². The van der Waals surface area contributed by atoms with E-state index >= 15 is 0 Å². The number of aromatic hydroxyl groups is 1. The van der Waals surface area contributed by atoms with Gasteiger partial charge in [0.25, 0.3) is 0 Å². The van der Waals surface area contributed by atoms with E-state index in [0.29, 0.717) is 11.6 Å². The Kier molecular flexibility index (Phi) is 4.03. The minimum absolute atomic E-state index is 0.236. The molecule has 0 amide bonds. The number of aromatic nitrogens is 1. The fourth-order valence-corrected chi connectivity index (χ4v) is 3.82. The van der Waals surface area contributed by atoms with Crippen molar-refractivity contribution >= 4 is 11.6 Å². The molecule has 0 atom stereocenters. The summed E-state index contributed by atoms with van der Waals surface area (Å²) < 4.78 is 5.99. The quantitative estimate of drug-likeness (QED) is 0.438. The molecule has 2 heterocycles. The summed E-state index contributed by atoms with van der Waals surface area (Å²) in [5.41, 5.74) is 6.61. The van der Waals surface area contributed by atoms with Crippen LogP contribution in [0, 0.1) is 0 Å². The zero-order valence-electron chi connectivity index (χ0n) is 14.9. The first-order valence-electron chi connectivity index (χ1n) is 9.01. The van der Waals surface area contributed by atoms with Gasteiger partial charge in [-0.15, -0.1) is 0 Å². The summed E-state index contributed by atoms with van der Waals surface area (Å²) in [4.78, 5) is 4.98. The van der Waals surface area contributed by atoms with Crippen LogP contribution in [0.2, 0.25) is 5.02 Å². The molecule has 0 unspecified atom stereocenters. The first-order chi connectivity index (χ1) is 13.7. The Balaban J connectivity index is 1.81. The van der Waals surface area contributed by atoms with Crippen molar-refractivity contribution in [2.75, 3.05) is 0 Å². The second kappa shape index (κ2) is 6.70. The highest BCUT2D eigenvalue weighted by atomic mass is 35.5. The number of pyridine rings is 1. The van der Waals surface area contributed by atoms with Crippen LogP contribution in [0.4, 0.5) is 0 Å². The highest BCUT2D eigenvalue weighted by molar-refractivity contribution is 6.33. The Morgan fingerprint density at radius 1 is 0.821 bits per heavy atom. The first-order valence-corrected chi connectivity index (χ1v) is 9.39. The lowest BCUT2D eigenvalue weighted by Gasteiger charge is -2.23. The maximum Gasteiger partial charge on any atom is 0.129 e. The molecule has 1 N–H and O–H groups in total. The number of benzene rings is 3. The smallest absolute Gasteiger partial charge is 0.129 e. The van der Waals surface area contributed by atoms with E-state index in [1.807, 2.05) is 66.7 Å². The molecule has 1 aliphatic rings. The topological polar surface area (TPSA) is 42.4 Å². The van der Waals surface area contributed by atoms with Gasteiger partial charge in [-0.2, -0.15) is 0 Å². The number of phenols is 1. The van der Waals surface area contributed by atoms with Crippen molar-refractivity contribution in [1.29, 1.82) is 0 Å². The van der Waals surface area contributed by atoms with Crippen LogP contribution in [0.1, 0.15) is 5.56 Å². The van der Waals surface area contributed by atoms with E-state index < -0.39 is 0 Å². The lowest BCUT2D eigenvalue weighted by atomic mass is 9.92. The minimum Gasteiger partial charge on any atom is -0.508 e. The minimum atomic E-state index is 0.236. The van der Waals surface area contributed by atoms with Crippen molar-refractivity contribution in [3.63, 3.8) is 0 Å². The monoisotopic (exact) mass is 385 g/mol. The predicted octanol–water partition coefficient (Wildman–Crippen LogP) is 6.33. The average Bonchev–Trinajstić information content (AvgIpc) is 2.74. The number of hydrogen-bond acceptors (Lipinski definition) is 3. The van der Waals surface area contributed by atoms with Crippen LogP contribution in [-0.2, 0) is 6.61 Å². The van der Waals surface area contributed by atoms with Crippen molar-refractivity contribution in [3.05, 3.63) is 89.4 Å². The summed E-state index contributed by atoms with van der Waals surface area (Å²) in [5.74, 6) is 1.06. The molecule has 0 fully saturated rings. The molecule has 5 rings (SSSR count). The molecule has 0 spiro atoms. The van der Waals surface area contributed by atoms with Gasteiger partial charge >= 0.3 is 0 Å². The number of halogens is 1. The number of para-hydroxylation sites is 1. The molecule has 3 aromatic carbocycles. The Morgan fingerprint density at radius 3 is 2.32 bits per heavy atom. The molecule has 4 aromatic rings. The molecule has 0 bridgehead atoms. The maximum absolute atomic E-state index is 9.69. The molecule has 1 aromatic heterocycles. The Morgan fingerprint density at radius 2 is 1.54 bits per heavy atom. The summed E-state index contributed by atoms with van der Waals surface area (Å²) in [6.45, 7) is 0.443. The van der Waals surface area contributed by atoms with Crippen LogP contribution in [0.15, 0.2) is 78.9 Å². The molecule has 136 valence electrons. The average molecular weight is 386 g/mol. The summed E-state index contributed by atoms with van der Waals surface area (Å²) in [5, 5.41) is 10.3. The van der Waals surface area contributed by atoms with Crippen molar-refractivity contribution < 1.29 is 9.84 Å². The first kappa shape index (κ1) is 16.8. The van der Waals surface area contributed by atoms with Gasteiger partial charge < -0.3 is 9.84 Å². The molecule has 4 heteroatoms. The normalized spacial score (nSPS) is 12.0. The van der Waals surface area contributed by atoms with E-state index in [-0.39, 0.29) is 5.75 Å².